The molecule has 1 heterocycles. The van der Waals surface area contributed by atoms with E-state index in [9.17, 15) is 0 Å². The molecule has 1 rings (SSSR count). The van der Waals surface area contributed by atoms with Crippen molar-refractivity contribution in [1.82, 2.24) is 0 Å². The van der Waals surface area contributed by atoms with Crippen molar-refractivity contribution in [2.45, 2.75) is 65.1 Å². The Morgan fingerprint density at radius 2 is 1.73 bits per heavy atom. The summed E-state index contributed by atoms with van der Waals surface area (Å²) in [4.78, 5) is 0. The Kier molecular flexibility index (Phi) is 5.62. The zero-order chi connectivity index (χ0) is 11.1. The van der Waals surface area contributed by atoms with Gasteiger partial charge in [-0.15, -0.1) is 0 Å². The minimum absolute atomic E-state index is 0.272. The minimum Gasteiger partial charge on any atom is -0.350 e. The highest BCUT2D eigenvalue weighted by Crippen LogP contribution is 2.32. The maximum Gasteiger partial charge on any atom is 0.170 e. The van der Waals surface area contributed by atoms with Gasteiger partial charge in [0, 0.05) is 12.3 Å². The maximum atomic E-state index is 5.88. The van der Waals surface area contributed by atoms with Gasteiger partial charge in [-0.3, -0.25) is 0 Å². The molecule has 1 aliphatic rings. The van der Waals surface area contributed by atoms with Gasteiger partial charge >= 0.3 is 0 Å². The van der Waals surface area contributed by atoms with Crippen LogP contribution in [0.25, 0.3) is 0 Å². The molecule has 1 fully saturated rings. The van der Waals surface area contributed by atoms with E-state index in [0.29, 0.717) is 5.92 Å². The summed E-state index contributed by atoms with van der Waals surface area (Å²) in [6, 6.07) is 0. The molecule has 0 N–H and O–H groups in total. The minimum atomic E-state index is -0.272. The highest BCUT2D eigenvalue weighted by molar-refractivity contribution is 4.76. The summed E-state index contributed by atoms with van der Waals surface area (Å²) in [7, 11) is 0. The molecule has 0 radical (unpaired) electrons. The summed E-state index contributed by atoms with van der Waals surface area (Å²) in [5.41, 5.74) is 0. The zero-order valence-electron chi connectivity index (χ0n) is 10.6. The van der Waals surface area contributed by atoms with Crippen molar-refractivity contribution in [3.63, 3.8) is 0 Å². The zero-order valence-corrected chi connectivity index (χ0v) is 10.6. The van der Waals surface area contributed by atoms with E-state index in [1.807, 2.05) is 0 Å². The van der Waals surface area contributed by atoms with Crippen molar-refractivity contribution in [3.8, 4) is 0 Å². The molecule has 0 atom stereocenters. The smallest absolute Gasteiger partial charge is 0.170 e. The fourth-order valence-corrected chi connectivity index (χ4v) is 2.15. The second-order valence-corrected chi connectivity index (χ2v) is 4.83. The Balaban J connectivity index is 2.35. The number of hydrogen-bond acceptors (Lipinski definition) is 2. The second-order valence-electron chi connectivity index (χ2n) is 4.83. The molecule has 0 aliphatic carbocycles. The van der Waals surface area contributed by atoms with Gasteiger partial charge in [0.1, 0.15) is 0 Å². The van der Waals surface area contributed by atoms with Crippen molar-refractivity contribution >= 4 is 0 Å². The van der Waals surface area contributed by atoms with Gasteiger partial charge in [0.25, 0.3) is 0 Å². The molecule has 0 bridgehead atoms. The van der Waals surface area contributed by atoms with Gasteiger partial charge in [-0.25, -0.2) is 0 Å². The molecular formula is C13H26O2. The maximum absolute atomic E-state index is 5.88. The molecule has 0 amide bonds. The lowest BCUT2D eigenvalue weighted by atomic mass is 9.95. The fraction of sp³-hybridized carbons (Fsp3) is 1.00. The SMILES string of the molecule is CCCCCCC1(C(C)C)OCCCO1. The van der Waals surface area contributed by atoms with Crippen molar-refractivity contribution in [2.75, 3.05) is 13.2 Å². The molecule has 1 aliphatic heterocycles. The van der Waals surface area contributed by atoms with Crippen LogP contribution in [0.15, 0.2) is 0 Å². The first kappa shape index (κ1) is 13.0. The number of ether oxygens (including phenoxy) is 2. The molecule has 0 spiro atoms. The molecule has 2 heteroatoms. The average Bonchev–Trinajstić information content (AvgIpc) is 2.26. The molecule has 0 aromatic heterocycles. The first-order valence-electron chi connectivity index (χ1n) is 6.49. The topological polar surface area (TPSA) is 18.5 Å². The molecule has 15 heavy (non-hydrogen) atoms. The molecule has 0 aromatic carbocycles. The largest absolute Gasteiger partial charge is 0.350 e. The summed E-state index contributed by atoms with van der Waals surface area (Å²) >= 11 is 0. The van der Waals surface area contributed by atoms with Crippen LogP contribution in [0.4, 0.5) is 0 Å². The van der Waals surface area contributed by atoms with E-state index in [0.717, 1.165) is 26.1 Å². The van der Waals surface area contributed by atoms with Gasteiger partial charge in [0.2, 0.25) is 0 Å². The third-order valence-corrected chi connectivity index (χ3v) is 3.24. The predicted molar refractivity (Wildman–Crippen MR) is 62.8 cm³/mol. The predicted octanol–water partition coefficient (Wildman–Crippen LogP) is 3.75. The van der Waals surface area contributed by atoms with E-state index in [2.05, 4.69) is 20.8 Å². The summed E-state index contributed by atoms with van der Waals surface area (Å²) < 4.78 is 11.8. The van der Waals surface area contributed by atoms with Gasteiger partial charge in [0.15, 0.2) is 5.79 Å². The van der Waals surface area contributed by atoms with Crippen LogP contribution in [-0.2, 0) is 9.47 Å². The van der Waals surface area contributed by atoms with Crippen molar-refractivity contribution in [3.05, 3.63) is 0 Å². The Hall–Kier alpha value is -0.0800. The summed E-state index contributed by atoms with van der Waals surface area (Å²) in [5, 5.41) is 0. The molecule has 90 valence electrons. The lowest BCUT2D eigenvalue weighted by molar-refractivity contribution is -0.292. The average molecular weight is 214 g/mol. The van der Waals surface area contributed by atoms with Crippen LogP contribution in [-0.4, -0.2) is 19.0 Å². The van der Waals surface area contributed by atoms with Gasteiger partial charge in [-0.05, 0) is 12.8 Å². The standard InChI is InChI=1S/C13H26O2/c1-4-5-6-7-9-13(12(2)3)14-10-8-11-15-13/h12H,4-11H2,1-3H3. The van der Waals surface area contributed by atoms with Crippen LogP contribution in [0.5, 0.6) is 0 Å². The first-order valence-corrected chi connectivity index (χ1v) is 6.49. The second kappa shape index (κ2) is 6.49. The monoisotopic (exact) mass is 214 g/mol. The van der Waals surface area contributed by atoms with Gasteiger partial charge < -0.3 is 9.47 Å². The van der Waals surface area contributed by atoms with Crippen LogP contribution in [0.3, 0.4) is 0 Å². The Morgan fingerprint density at radius 3 is 2.27 bits per heavy atom. The van der Waals surface area contributed by atoms with E-state index in [1.165, 1.54) is 25.7 Å². The lowest BCUT2D eigenvalue weighted by Crippen LogP contribution is -2.45. The summed E-state index contributed by atoms with van der Waals surface area (Å²) in [6.07, 6.45) is 7.25. The van der Waals surface area contributed by atoms with E-state index in [4.69, 9.17) is 9.47 Å². The molecule has 1 saturated heterocycles. The van der Waals surface area contributed by atoms with E-state index >= 15 is 0 Å². The molecular weight excluding hydrogens is 188 g/mol. The Bertz CT molecular complexity index is 160. The normalized spacial score (nSPS) is 20.8. The Labute approximate surface area is 94.3 Å². The highest BCUT2D eigenvalue weighted by Gasteiger charge is 2.37. The summed E-state index contributed by atoms with van der Waals surface area (Å²) in [6.45, 7) is 8.38. The third-order valence-electron chi connectivity index (χ3n) is 3.24. The fourth-order valence-electron chi connectivity index (χ4n) is 2.15. The van der Waals surface area contributed by atoms with Gasteiger partial charge in [0.05, 0.1) is 13.2 Å². The molecule has 2 nitrogen and oxygen atoms in total. The van der Waals surface area contributed by atoms with Crippen LogP contribution in [0.2, 0.25) is 0 Å². The molecule has 0 saturated carbocycles. The third kappa shape index (κ3) is 3.76. The summed E-state index contributed by atoms with van der Waals surface area (Å²) in [5.74, 6) is 0.186. The quantitative estimate of drug-likeness (QED) is 0.627. The van der Waals surface area contributed by atoms with E-state index in [-0.39, 0.29) is 5.79 Å². The van der Waals surface area contributed by atoms with Crippen LogP contribution < -0.4 is 0 Å². The lowest BCUT2D eigenvalue weighted by Gasteiger charge is -2.40. The van der Waals surface area contributed by atoms with E-state index < -0.39 is 0 Å². The number of unbranched alkanes of at least 4 members (excludes halogenated alkanes) is 3. The van der Waals surface area contributed by atoms with Crippen LogP contribution in [0.1, 0.15) is 59.3 Å². The van der Waals surface area contributed by atoms with Gasteiger partial charge in [-0.2, -0.15) is 0 Å². The Morgan fingerprint density at radius 1 is 1.07 bits per heavy atom. The van der Waals surface area contributed by atoms with E-state index in [1.54, 1.807) is 0 Å². The van der Waals surface area contributed by atoms with Crippen LogP contribution in [0, 0.1) is 5.92 Å². The van der Waals surface area contributed by atoms with Crippen LogP contribution >= 0.6 is 0 Å². The van der Waals surface area contributed by atoms with Crippen molar-refractivity contribution in [2.24, 2.45) is 5.92 Å². The number of rotatable bonds is 6. The van der Waals surface area contributed by atoms with Crippen molar-refractivity contribution < 1.29 is 9.47 Å². The van der Waals surface area contributed by atoms with Crippen molar-refractivity contribution in [1.29, 1.82) is 0 Å². The molecule has 0 aromatic rings. The first-order chi connectivity index (χ1) is 7.21. The highest BCUT2D eigenvalue weighted by atomic mass is 16.7. The van der Waals surface area contributed by atoms with Gasteiger partial charge in [-0.1, -0.05) is 40.0 Å². The number of hydrogen-bond donors (Lipinski definition) is 0. The molecule has 0 unspecified atom stereocenters.